The lowest BCUT2D eigenvalue weighted by Crippen LogP contribution is -2.35. The third kappa shape index (κ3) is 3.28. The molecule has 0 saturated carbocycles. The molecular formula is C11H17N3O3S. The second-order valence-electron chi connectivity index (χ2n) is 3.66. The molecule has 0 aliphatic rings. The molecule has 1 amide bonds. The second kappa shape index (κ2) is 5.94. The Morgan fingerprint density at radius 1 is 1.33 bits per heavy atom. The summed E-state index contributed by atoms with van der Waals surface area (Å²) in [5.74, 6) is -0.206. The van der Waals surface area contributed by atoms with Crippen molar-refractivity contribution in [1.29, 1.82) is 0 Å². The Balaban J connectivity index is 3.01. The maximum absolute atomic E-state index is 12.1. The van der Waals surface area contributed by atoms with Crippen LogP contribution in [0.5, 0.6) is 0 Å². The van der Waals surface area contributed by atoms with E-state index in [0.29, 0.717) is 12.2 Å². The van der Waals surface area contributed by atoms with Crippen molar-refractivity contribution in [3.05, 3.63) is 24.3 Å². The molecule has 0 aromatic heterocycles. The molecule has 1 rings (SSSR count). The van der Waals surface area contributed by atoms with E-state index in [9.17, 15) is 13.2 Å². The first kappa shape index (κ1) is 14.6. The highest BCUT2D eigenvalue weighted by Crippen LogP contribution is 2.17. The zero-order valence-corrected chi connectivity index (χ0v) is 11.2. The first-order valence-corrected chi connectivity index (χ1v) is 6.93. The fraction of sp³-hybridized carbons (Fsp3) is 0.364. The molecule has 7 heteroatoms. The van der Waals surface area contributed by atoms with E-state index in [1.54, 1.807) is 19.1 Å². The lowest BCUT2D eigenvalue weighted by molar-refractivity contribution is -0.114. The molecule has 0 saturated heterocycles. The third-order valence-electron chi connectivity index (χ3n) is 2.37. The van der Waals surface area contributed by atoms with Gasteiger partial charge in [-0.1, -0.05) is 6.92 Å². The number of rotatable bonds is 5. The topological polar surface area (TPSA) is 92.5 Å². The van der Waals surface area contributed by atoms with Gasteiger partial charge in [0.05, 0.1) is 11.6 Å². The smallest absolute Gasteiger partial charge is 0.244 e. The van der Waals surface area contributed by atoms with Crippen molar-refractivity contribution in [3.8, 4) is 0 Å². The van der Waals surface area contributed by atoms with Gasteiger partial charge in [0.25, 0.3) is 0 Å². The molecule has 0 fully saturated rings. The van der Waals surface area contributed by atoms with Crippen molar-refractivity contribution in [2.75, 3.05) is 18.5 Å². The fourth-order valence-corrected chi connectivity index (χ4v) is 2.77. The van der Waals surface area contributed by atoms with Crippen LogP contribution < -0.4 is 11.1 Å². The van der Waals surface area contributed by atoms with Crippen LogP contribution in [0.2, 0.25) is 0 Å². The Morgan fingerprint density at radius 3 is 2.28 bits per heavy atom. The summed E-state index contributed by atoms with van der Waals surface area (Å²) in [5, 5.41) is 2.57. The molecule has 0 radical (unpaired) electrons. The monoisotopic (exact) mass is 271 g/mol. The number of anilines is 1. The zero-order chi connectivity index (χ0) is 13.8. The van der Waals surface area contributed by atoms with Crippen LogP contribution in [0.3, 0.4) is 0 Å². The van der Waals surface area contributed by atoms with E-state index < -0.39 is 10.0 Å². The highest BCUT2D eigenvalue weighted by molar-refractivity contribution is 7.89. The molecule has 0 atom stereocenters. The van der Waals surface area contributed by atoms with E-state index in [1.165, 1.54) is 23.4 Å². The first-order valence-electron chi connectivity index (χ1n) is 5.49. The van der Waals surface area contributed by atoms with E-state index in [1.807, 2.05) is 0 Å². The maximum atomic E-state index is 12.1. The van der Waals surface area contributed by atoms with Gasteiger partial charge in [0.1, 0.15) is 0 Å². The molecule has 1 aromatic rings. The summed E-state index contributed by atoms with van der Waals surface area (Å²) < 4.78 is 25.3. The fourth-order valence-electron chi connectivity index (χ4n) is 1.46. The largest absolute Gasteiger partial charge is 0.326 e. The van der Waals surface area contributed by atoms with E-state index in [-0.39, 0.29) is 17.5 Å². The lowest BCUT2D eigenvalue weighted by Gasteiger charge is -2.18. The molecule has 0 bridgehead atoms. The summed E-state index contributed by atoms with van der Waals surface area (Å²) in [7, 11) is -3.55. The van der Waals surface area contributed by atoms with Crippen LogP contribution in [-0.4, -0.2) is 31.8 Å². The molecule has 6 nitrogen and oxygen atoms in total. The molecule has 0 unspecified atom stereocenters. The van der Waals surface area contributed by atoms with Crippen molar-refractivity contribution >= 4 is 21.6 Å². The Bertz CT molecular complexity index is 507. The number of hydrogen-bond donors (Lipinski definition) is 2. The number of nitrogens with two attached hydrogens (primary N) is 1. The second-order valence-corrected chi connectivity index (χ2v) is 5.60. The predicted molar refractivity (Wildman–Crippen MR) is 69.4 cm³/mol. The van der Waals surface area contributed by atoms with Crippen molar-refractivity contribution in [3.63, 3.8) is 0 Å². The summed E-state index contributed by atoms with van der Waals surface area (Å²) >= 11 is 0. The summed E-state index contributed by atoms with van der Waals surface area (Å²) in [6.07, 6.45) is 0. The Morgan fingerprint density at radius 2 is 1.89 bits per heavy atom. The van der Waals surface area contributed by atoms with Crippen LogP contribution >= 0.6 is 0 Å². The zero-order valence-electron chi connectivity index (χ0n) is 10.4. The molecule has 3 N–H and O–H groups in total. The van der Waals surface area contributed by atoms with Crippen LogP contribution in [-0.2, 0) is 14.8 Å². The Hall–Kier alpha value is -1.44. The highest BCUT2D eigenvalue weighted by Gasteiger charge is 2.21. The van der Waals surface area contributed by atoms with Crippen LogP contribution in [0.4, 0.5) is 5.69 Å². The molecule has 0 aliphatic carbocycles. The lowest BCUT2D eigenvalue weighted by atomic mass is 10.3. The summed E-state index contributed by atoms with van der Waals surface area (Å²) in [6.45, 7) is 3.35. The minimum Gasteiger partial charge on any atom is -0.326 e. The van der Waals surface area contributed by atoms with Gasteiger partial charge in [0.15, 0.2) is 0 Å². The van der Waals surface area contributed by atoms with Crippen LogP contribution in [0, 0.1) is 0 Å². The van der Waals surface area contributed by atoms with Gasteiger partial charge in [-0.05, 0) is 24.3 Å². The third-order valence-corrected chi connectivity index (χ3v) is 4.32. The van der Waals surface area contributed by atoms with Gasteiger partial charge >= 0.3 is 0 Å². The molecule has 18 heavy (non-hydrogen) atoms. The van der Waals surface area contributed by atoms with E-state index in [2.05, 4.69) is 5.32 Å². The minimum absolute atomic E-state index is 0.0632. The van der Waals surface area contributed by atoms with Gasteiger partial charge in [-0.3, -0.25) is 4.79 Å². The van der Waals surface area contributed by atoms with E-state index >= 15 is 0 Å². The number of amides is 1. The number of nitrogens with zero attached hydrogens (tertiary/aromatic N) is 1. The molecular weight excluding hydrogens is 254 g/mol. The SMILES string of the molecule is CCN(CN)S(=O)(=O)c1ccc(NC(C)=O)cc1. The first-order chi connectivity index (χ1) is 8.41. The van der Waals surface area contributed by atoms with Crippen LogP contribution in [0.1, 0.15) is 13.8 Å². The van der Waals surface area contributed by atoms with Crippen molar-refractivity contribution in [1.82, 2.24) is 4.31 Å². The number of sulfonamides is 1. The van der Waals surface area contributed by atoms with Gasteiger partial charge in [0, 0.05) is 19.2 Å². The van der Waals surface area contributed by atoms with Crippen LogP contribution in [0.15, 0.2) is 29.2 Å². The van der Waals surface area contributed by atoms with E-state index in [4.69, 9.17) is 5.73 Å². The predicted octanol–water partition coefficient (Wildman–Crippen LogP) is 0.572. The van der Waals surface area contributed by atoms with Crippen molar-refractivity contribution in [2.45, 2.75) is 18.7 Å². The van der Waals surface area contributed by atoms with Gasteiger partial charge in [-0.15, -0.1) is 0 Å². The summed E-state index contributed by atoms with van der Waals surface area (Å²) in [6, 6.07) is 5.97. The molecule has 100 valence electrons. The van der Waals surface area contributed by atoms with Crippen molar-refractivity contribution < 1.29 is 13.2 Å². The van der Waals surface area contributed by atoms with Crippen LogP contribution in [0.25, 0.3) is 0 Å². The van der Waals surface area contributed by atoms with Gasteiger partial charge < -0.3 is 11.1 Å². The van der Waals surface area contributed by atoms with Gasteiger partial charge in [-0.25, -0.2) is 8.42 Å². The number of nitrogens with one attached hydrogen (secondary N) is 1. The van der Waals surface area contributed by atoms with E-state index in [0.717, 1.165) is 0 Å². The minimum atomic E-state index is -3.55. The average molecular weight is 271 g/mol. The number of benzene rings is 1. The average Bonchev–Trinajstić information content (AvgIpc) is 2.30. The van der Waals surface area contributed by atoms with Crippen molar-refractivity contribution in [2.24, 2.45) is 5.73 Å². The Labute approximate surface area is 107 Å². The van der Waals surface area contributed by atoms with Gasteiger partial charge in [0.2, 0.25) is 15.9 Å². The molecule has 0 heterocycles. The number of carbonyl (C=O) groups is 1. The number of hydrogen-bond acceptors (Lipinski definition) is 4. The maximum Gasteiger partial charge on any atom is 0.244 e. The molecule has 0 spiro atoms. The normalized spacial score (nSPS) is 11.6. The highest BCUT2D eigenvalue weighted by atomic mass is 32.2. The summed E-state index contributed by atoms with van der Waals surface area (Å²) in [5.41, 5.74) is 5.95. The molecule has 1 aromatic carbocycles. The quantitative estimate of drug-likeness (QED) is 0.766. The standard InChI is InChI=1S/C11H17N3O3S/c1-3-14(8-12)18(16,17)11-6-4-10(5-7-11)13-9(2)15/h4-7H,3,8,12H2,1-2H3,(H,13,15). The summed E-state index contributed by atoms with van der Waals surface area (Å²) in [4.78, 5) is 11.0. The molecule has 0 aliphatic heterocycles. The Kier molecular flexibility index (Phi) is 4.83. The van der Waals surface area contributed by atoms with Gasteiger partial charge in [-0.2, -0.15) is 4.31 Å². The number of carbonyl (C=O) groups excluding carboxylic acids is 1.